The number of aromatic nitrogens is 1. The number of nitrogen functional groups attached to an aromatic ring is 1. The van der Waals surface area contributed by atoms with Crippen LogP contribution in [0.3, 0.4) is 0 Å². The fourth-order valence-corrected chi connectivity index (χ4v) is 2.71. The number of nitrogens with two attached hydrogens (primary N) is 1. The maximum absolute atomic E-state index is 6.21. The number of halogens is 2. The molecule has 0 spiro atoms. The van der Waals surface area contributed by atoms with Gasteiger partial charge in [0.15, 0.2) is 0 Å². The predicted octanol–water partition coefficient (Wildman–Crippen LogP) is 5.60. The molecule has 3 rings (SSSR count). The number of rotatable bonds is 2. The molecular formula is C17H18Cl2N2. The molecule has 3 aromatic rings. The Morgan fingerprint density at radius 2 is 1.67 bits per heavy atom. The van der Waals surface area contributed by atoms with Gasteiger partial charge in [-0.3, -0.25) is 0 Å². The van der Waals surface area contributed by atoms with Crippen LogP contribution >= 0.6 is 23.2 Å². The molecule has 0 saturated heterocycles. The lowest BCUT2D eigenvalue weighted by atomic mass is 10.2. The average molecular weight is 321 g/mol. The molecule has 0 aliphatic rings. The first-order valence-corrected chi connectivity index (χ1v) is 7.68. The third kappa shape index (κ3) is 3.34. The summed E-state index contributed by atoms with van der Waals surface area (Å²) in [6, 6.07) is 13.5. The van der Waals surface area contributed by atoms with Crippen molar-refractivity contribution < 1.29 is 0 Å². The Morgan fingerprint density at radius 3 is 2.33 bits per heavy atom. The summed E-state index contributed by atoms with van der Waals surface area (Å²) < 4.78 is 2.10. The van der Waals surface area contributed by atoms with E-state index in [0.717, 1.165) is 22.2 Å². The molecule has 2 N–H and O–H groups in total. The second-order valence-electron chi connectivity index (χ2n) is 4.46. The SMILES string of the molecule is CC.Nc1ccc2ccn(Cc3c(Cl)cccc3Cl)c2c1. The van der Waals surface area contributed by atoms with Gasteiger partial charge in [0.2, 0.25) is 0 Å². The van der Waals surface area contributed by atoms with Gasteiger partial charge in [0.25, 0.3) is 0 Å². The zero-order chi connectivity index (χ0) is 15.4. The lowest BCUT2D eigenvalue weighted by Crippen LogP contribution is -2.00. The number of hydrogen-bond acceptors (Lipinski definition) is 1. The van der Waals surface area contributed by atoms with Gasteiger partial charge in [-0.25, -0.2) is 0 Å². The molecule has 0 aliphatic carbocycles. The largest absolute Gasteiger partial charge is 0.399 e. The first kappa shape index (κ1) is 15.7. The summed E-state index contributed by atoms with van der Waals surface area (Å²) in [7, 11) is 0. The van der Waals surface area contributed by atoms with Crippen LogP contribution in [0.1, 0.15) is 19.4 Å². The molecule has 1 aromatic heterocycles. The number of benzene rings is 2. The van der Waals surface area contributed by atoms with Gasteiger partial charge >= 0.3 is 0 Å². The summed E-state index contributed by atoms with van der Waals surface area (Å²) in [6.45, 7) is 4.63. The van der Waals surface area contributed by atoms with E-state index in [1.807, 2.05) is 56.4 Å². The van der Waals surface area contributed by atoms with Gasteiger partial charge in [-0.05, 0) is 35.7 Å². The summed E-state index contributed by atoms with van der Waals surface area (Å²) in [6.07, 6.45) is 2.02. The van der Waals surface area contributed by atoms with Crippen molar-refractivity contribution in [2.75, 3.05) is 5.73 Å². The molecule has 0 radical (unpaired) electrons. The Bertz CT molecular complexity index is 727. The lowest BCUT2D eigenvalue weighted by molar-refractivity contribution is 0.837. The van der Waals surface area contributed by atoms with E-state index in [1.165, 1.54) is 0 Å². The number of fused-ring (bicyclic) bond motifs is 1. The van der Waals surface area contributed by atoms with Crippen LogP contribution in [0.2, 0.25) is 10.0 Å². The summed E-state index contributed by atoms with van der Waals surface area (Å²) in [4.78, 5) is 0. The maximum atomic E-state index is 6.21. The minimum absolute atomic E-state index is 0.630. The summed E-state index contributed by atoms with van der Waals surface area (Å²) in [5.41, 5.74) is 8.59. The van der Waals surface area contributed by atoms with Crippen LogP contribution in [0.4, 0.5) is 5.69 Å². The number of nitrogens with zero attached hydrogens (tertiary/aromatic N) is 1. The molecule has 0 unspecified atom stereocenters. The van der Waals surface area contributed by atoms with Crippen LogP contribution in [0, 0.1) is 0 Å². The molecule has 0 aliphatic heterocycles. The highest BCUT2D eigenvalue weighted by Gasteiger charge is 2.08. The standard InChI is InChI=1S/C15H12Cl2N2.C2H6/c16-13-2-1-3-14(17)12(13)9-19-7-6-10-4-5-11(18)8-15(10)19;1-2/h1-8H,9,18H2;1-2H3. The summed E-state index contributed by atoms with van der Waals surface area (Å²) >= 11 is 12.4. The van der Waals surface area contributed by atoms with E-state index >= 15 is 0 Å². The van der Waals surface area contributed by atoms with Crippen molar-refractivity contribution in [3.05, 3.63) is 64.3 Å². The zero-order valence-corrected chi connectivity index (χ0v) is 13.6. The third-order valence-corrected chi connectivity index (χ3v) is 3.90. The molecule has 0 amide bonds. The van der Waals surface area contributed by atoms with Crippen molar-refractivity contribution >= 4 is 39.8 Å². The molecule has 0 fully saturated rings. The fourth-order valence-electron chi connectivity index (χ4n) is 2.19. The van der Waals surface area contributed by atoms with Crippen LogP contribution in [0.5, 0.6) is 0 Å². The molecule has 0 bridgehead atoms. The van der Waals surface area contributed by atoms with E-state index in [2.05, 4.69) is 10.6 Å². The maximum Gasteiger partial charge on any atom is 0.0505 e. The molecule has 1 heterocycles. The molecular weight excluding hydrogens is 303 g/mol. The van der Waals surface area contributed by atoms with E-state index in [1.54, 1.807) is 0 Å². The highest BCUT2D eigenvalue weighted by Crippen LogP contribution is 2.27. The monoisotopic (exact) mass is 320 g/mol. The Hall–Kier alpha value is -1.64. The van der Waals surface area contributed by atoms with Crippen LogP contribution in [0.15, 0.2) is 48.7 Å². The van der Waals surface area contributed by atoms with Crippen LogP contribution in [0.25, 0.3) is 10.9 Å². The van der Waals surface area contributed by atoms with Crippen molar-refractivity contribution in [2.45, 2.75) is 20.4 Å². The molecule has 21 heavy (non-hydrogen) atoms. The Labute approximate surface area is 135 Å². The normalized spacial score (nSPS) is 10.3. The highest BCUT2D eigenvalue weighted by molar-refractivity contribution is 6.36. The van der Waals surface area contributed by atoms with Gasteiger partial charge in [0, 0.05) is 27.5 Å². The molecule has 0 saturated carbocycles. The van der Waals surface area contributed by atoms with Gasteiger partial charge < -0.3 is 10.3 Å². The average Bonchev–Trinajstić information content (AvgIpc) is 2.87. The Morgan fingerprint density at radius 1 is 1.00 bits per heavy atom. The van der Waals surface area contributed by atoms with Crippen molar-refractivity contribution in [3.8, 4) is 0 Å². The second kappa shape index (κ2) is 6.88. The first-order valence-electron chi connectivity index (χ1n) is 6.92. The van der Waals surface area contributed by atoms with Crippen molar-refractivity contribution in [2.24, 2.45) is 0 Å². The highest BCUT2D eigenvalue weighted by atomic mass is 35.5. The van der Waals surface area contributed by atoms with Crippen molar-refractivity contribution in [3.63, 3.8) is 0 Å². The minimum atomic E-state index is 0.630. The van der Waals surface area contributed by atoms with Gasteiger partial charge in [-0.2, -0.15) is 0 Å². The van der Waals surface area contributed by atoms with Crippen LogP contribution in [-0.4, -0.2) is 4.57 Å². The molecule has 4 heteroatoms. The molecule has 2 aromatic carbocycles. The Kier molecular flexibility index (Phi) is 5.16. The van der Waals surface area contributed by atoms with E-state index in [4.69, 9.17) is 28.9 Å². The minimum Gasteiger partial charge on any atom is -0.399 e. The predicted molar refractivity (Wildman–Crippen MR) is 93.3 cm³/mol. The second-order valence-corrected chi connectivity index (χ2v) is 5.28. The molecule has 2 nitrogen and oxygen atoms in total. The number of hydrogen-bond donors (Lipinski definition) is 1. The smallest absolute Gasteiger partial charge is 0.0505 e. The van der Waals surface area contributed by atoms with Crippen molar-refractivity contribution in [1.29, 1.82) is 0 Å². The van der Waals surface area contributed by atoms with E-state index in [9.17, 15) is 0 Å². The van der Waals surface area contributed by atoms with Crippen molar-refractivity contribution in [1.82, 2.24) is 4.57 Å². The van der Waals surface area contributed by atoms with E-state index < -0.39 is 0 Å². The lowest BCUT2D eigenvalue weighted by Gasteiger charge is -2.09. The summed E-state index contributed by atoms with van der Waals surface area (Å²) in [5.74, 6) is 0. The third-order valence-electron chi connectivity index (χ3n) is 3.19. The van der Waals surface area contributed by atoms with Gasteiger partial charge in [-0.1, -0.05) is 49.2 Å². The van der Waals surface area contributed by atoms with Gasteiger partial charge in [-0.15, -0.1) is 0 Å². The van der Waals surface area contributed by atoms with Crippen LogP contribution in [-0.2, 0) is 6.54 Å². The van der Waals surface area contributed by atoms with E-state index in [0.29, 0.717) is 16.6 Å². The number of anilines is 1. The fraction of sp³-hybridized carbons (Fsp3) is 0.176. The summed E-state index contributed by atoms with van der Waals surface area (Å²) in [5, 5.41) is 2.51. The molecule has 0 atom stereocenters. The molecule has 110 valence electrons. The quantitative estimate of drug-likeness (QED) is 0.612. The zero-order valence-electron chi connectivity index (χ0n) is 12.1. The van der Waals surface area contributed by atoms with E-state index in [-0.39, 0.29) is 0 Å². The van der Waals surface area contributed by atoms with Gasteiger partial charge in [0.1, 0.15) is 0 Å². The van der Waals surface area contributed by atoms with Crippen LogP contribution < -0.4 is 5.73 Å². The first-order chi connectivity index (χ1) is 10.1. The topological polar surface area (TPSA) is 30.9 Å². The van der Waals surface area contributed by atoms with Gasteiger partial charge in [0.05, 0.1) is 12.1 Å². The Balaban J connectivity index is 0.000000774.